The molecule has 80 valence electrons. The number of esters is 2. The molecule has 0 rings (SSSR count). The number of carbonyl (C=O) groups excluding carboxylic acids is 2. The third-order valence-corrected chi connectivity index (χ3v) is 1.31. The molecule has 5 nitrogen and oxygen atoms in total. The van der Waals surface area contributed by atoms with Crippen LogP contribution in [0.2, 0.25) is 0 Å². The maximum absolute atomic E-state index is 11.0. The van der Waals surface area contributed by atoms with Crippen LogP contribution in [-0.2, 0) is 19.1 Å². The molecule has 0 aromatic carbocycles. The predicted octanol–water partition coefficient (Wildman–Crippen LogP) is 1.08. The van der Waals surface area contributed by atoms with E-state index < -0.39 is 11.9 Å². The van der Waals surface area contributed by atoms with Crippen LogP contribution < -0.4 is 0 Å². The van der Waals surface area contributed by atoms with Gasteiger partial charge >= 0.3 is 11.9 Å². The number of carbonyl (C=O) groups is 2. The Morgan fingerprint density at radius 2 is 1.87 bits per heavy atom. The van der Waals surface area contributed by atoms with Crippen LogP contribution in [0.15, 0.2) is 24.4 Å². The smallest absolute Gasteiger partial charge is 0.336 e. The van der Waals surface area contributed by atoms with Crippen molar-refractivity contribution >= 4 is 11.9 Å². The van der Waals surface area contributed by atoms with Gasteiger partial charge in [-0.05, 0) is 6.92 Å². The van der Waals surface area contributed by atoms with Crippen molar-refractivity contribution in [2.75, 3.05) is 13.2 Å². The number of hydrogen-bond acceptors (Lipinski definition) is 4. The normalized spacial score (nSPS) is 8.53. The molecule has 0 saturated carbocycles. The van der Waals surface area contributed by atoms with E-state index in [4.69, 9.17) is 6.57 Å². The summed E-state index contributed by atoms with van der Waals surface area (Å²) in [5.74, 6) is -1.49. The lowest BCUT2D eigenvalue weighted by atomic mass is 10.3. The summed E-state index contributed by atoms with van der Waals surface area (Å²) < 4.78 is 9.18. The summed E-state index contributed by atoms with van der Waals surface area (Å²) >= 11 is 0. The summed E-state index contributed by atoms with van der Waals surface area (Å²) in [6.45, 7) is 14.6. The molecule has 0 aliphatic rings. The molecule has 0 heterocycles. The third-order valence-electron chi connectivity index (χ3n) is 1.31. The molecule has 0 fully saturated rings. The van der Waals surface area contributed by atoms with Crippen LogP contribution in [0.5, 0.6) is 0 Å². The van der Waals surface area contributed by atoms with Gasteiger partial charge in [0.25, 0.3) is 5.70 Å². The topological polar surface area (TPSA) is 57.0 Å². The van der Waals surface area contributed by atoms with Gasteiger partial charge in [-0.1, -0.05) is 13.2 Å². The van der Waals surface area contributed by atoms with Crippen LogP contribution in [0, 0.1) is 6.57 Å². The van der Waals surface area contributed by atoms with Crippen LogP contribution in [0.3, 0.4) is 0 Å². The Morgan fingerprint density at radius 3 is 2.33 bits per heavy atom. The fourth-order valence-electron chi connectivity index (χ4n) is 0.574. The standard InChI is InChI=1S/C10H11NO4/c1-5-14-9(12)7(2)6-15-10(13)8(3)11-4/h2-3,5-6H2,1H3. The maximum Gasteiger partial charge on any atom is 0.336 e. The van der Waals surface area contributed by atoms with Crippen molar-refractivity contribution in [2.24, 2.45) is 0 Å². The minimum Gasteiger partial charge on any atom is -0.465 e. The quantitative estimate of drug-likeness (QED) is 0.386. The van der Waals surface area contributed by atoms with E-state index in [1.165, 1.54) is 0 Å². The zero-order valence-corrected chi connectivity index (χ0v) is 8.41. The summed E-state index contributed by atoms with van der Waals surface area (Å²) in [5.41, 5.74) is -0.324. The molecule has 0 aliphatic carbocycles. The zero-order chi connectivity index (χ0) is 11.8. The van der Waals surface area contributed by atoms with Gasteiger partial charge in [0.1, 0.15) is 6.61 Å². The Morgan fingerprint density at radius 1 is 1.27 bits per heavy atom. The molecular formula is C10H11NO4. The Labute approximate surface area is 87.8 Å². The minimum absolute atomic E-state index is 0.0166. The second kappa shape index (κ2) is 6.38. The van der Waals surface area contributed by atoms with E-state index in [0.717, 1.165) is 0 Å². The highest BCUT2D eigenvalue weighted by molar-refractivity contribution is 5.91. The summed E-state index contributed by atoms with van der Waals surface area (Å²) in [7, 11) is 0. The van der Waals surface area contributed by atoms with Gasteiger partial charge in [-0.3, -0.25) is 4.79 Å². The number of nitrogens with zero attached hydrogens (tertiary/aromatic N) is 1. The van der Waals surface area contributed by atoms with Crippen molar-refractivity contribution in [3.8, 4) is 0 Å². The summed E-state index contributed by atoms with van der Waals surface area (Å²) in [6, 6.07) is 0. The van der Waals surface area contributed by atoms with Gasteiger partial charge in [0.05, 0.1) is 18.8 Å². The molecule has 0 bridgehead atoms. The van der Waals surface area contributed by atoms with E-state index >= 15 is 0 Å². The molecule has 0 unspecified atom stereocenters. The van der Waals surface area contributed by atoms with Gasteiger partial charge in [0.15, 0.2) is 0 Å². The fourth-order valence-corrected chi connectivity index (χ4v) is 0.574. The van der Waals surface area contributed by atoms with Crippen molar-refractivity contribution in [1.29, 1.82) is 0 Å². The van der Waals surface area contributed by atoms with Crippen molar-refractivity contribution in [3.05, 3.63) is 35.8 Å². The third kappa shape index (κ3) is 4.62. The highest BCUT2D eigenvalue weighted by atomic mass is 16.5. The van der Waals surface area contributed by atoms with Crippen molar-refractivity contribution in [3.63, 3.8) is 0 Å². The Kier molecular flexibility index (Phi) is 5.49. The van der Waals surface area contributed by atoms with Gasteiger partial charge in [-0.15, -0.1) is 0 Å². The fraction of sp³-hybridized carbons (Fsp3) is 0.300. The second-order valence-corrected chi connectivity index (χ2v) is 2.46. The predicted molar refractivity (Wildman–Crippen MR) is 52.5 cm³/mol. The lowest BCUT2D eigenvalue weighted by Crippen LogP contribution is -2.14. The Bertz CT molecular complexity index is 338. The first-order chi connectivity index (χ1) is 7.02. The number of ether oxygens (including phenoxy) is 2. The van der Waals surface area contributed by atoms with Crippen molar-refractivity contribution < 1.29 is 19.1 Å². The molecule has 0 N–H and O–H groups in total. The van der Waals surface area contributed by atoms with Crippen LogP contribution in [0.25, 0.3) is 4.85 Å². The van der Waals surface area contributed by atoms with Gasteiger partial charge in [0, 0.05) is 0 Å². The highest BCUT2D eigenvalue weighted by Gasteiger charge is 2.12. The molecule has 5 heteroatoms. The van der Waals surface area contributed by atoms with Gasteiger partial charge < -0.3 is 9.47 Å². The maximum atomic E-state index is 11.0. The Hall–Kier alpha value is -2.09. The lowest BCUT2D eigenvalue weighted by molar-refractivity contribution is -0.141. The molecule has 0 aromatic rings. The SMILES string of the molecule is [C-]#[N+]C(=C)C(=O)OCC(=C)C(=O)OCC. The average molecular weight is 209 g/mol. The van der Waals surface area contributed by atoms with Crippen molar-refractivity contribution in [1.82, 2.24) is 0 Å². The Balaban J connectivity index is 4.02. The molecule has 0 aromatic heterocycles. The molecule has 15 heavy (non-hydrogen) atoms. The van der Waals surface area contributed by atoms with E-state index in [1.54, 1.807) is 6.92 Å². The van der Waals surface area contributed by atoms with Crippen LogP contribution in [0.4, 0.5) is 0 Å². The first kappa shape index (κ1) is 12.9. The van der Waals surface area contributed by atoms with E-state index in [1.807, 2.05) is 0 Å². The monoisotopic (exact) mass is 209 g/mol. The molecule has 0 atom stereocenters. The largest absolute Gasteiger partial charge is 0.465 e. The summed E-state index contributed by atoms with van der Waals surface area (Å²) in [5, 5.41) is 0. The van der Waals surface area contributed by atoms with E-state index in [2.05, 4.69) is 27.5 Å². The number of rotatable bonds is 5. The number of hydrogen-bond donors (Lipinski definition) is 0. The van der Waals surface area contributed by atoms with Gasteiger partial charge in [-0.2, -0.15) is 0 Å². The van der Waals surface area contributed by atoms with Crippen LogP contribution in [-0.4, -0.2) is 25.2 Å². The summed E-state index contributed by atoms with van der Waals surface area (Å²) in [4.78, 5) is 24.7. The molecular weight excluding hydrogens is 198 g/mol. The average Bonchev–Trinajstić information content (AvgIpc) is 2.24. The van der Waals surface area contributed by atoms with E-state index in [-0.39, 0.29) is 24.5 Å². The van der Waals surface area contributed by atoms with Crippen LogP contribution >= 0.6 is 0 Å². The van der Waals surface area contributed by atoms with Crippen molar-refractivity contribution in [2.45, 2.75) is 6.92 Å². The minimum atomic E-state index is -0.865. The molecule has 0 radical (unpaired) electrons. The molecule has 0 amide bonds. The molecule has 0 aliphatic heterocycles. The second-order valence-electron chi connectivity index (χ2n) is 2.46. The van der Waals surface area contributed by atoms with Gasteiger partial charge in [-0.25, -0.2) is 9.64 Å². The first-order valence-corrected chi connectivity index (χ1v) is 4.11. The van der Waals surface area contributed by atoms with E-state index in [9.17, 15) is 9.59 Å². The van der Waals surface area contributed by atoms with Gasteiger partial charge in [0.2, 0.25) is 0 Å². The zero-order valence-electron chi connectivity index (χ0n) is 8.41. The molecule has 0 spiro atoms. The first-order valence-electron chi connectivity index (χ1n) is 4.11. The van der Waals surface area contributed by atoms with E-state index in [0.29, 0.717) is 0 Å². The summed E-state index contributed by atoms with van der Waals surface area (Å²) in [6.07, 6.45) is 0. The molecule has 0 saturated heterocycles. The van der Waals surface area contributed by atoms with Crippen LogP contribution in [0.1, 0.15) is 6.92 Å². The lowest BCUT2D eigenvalue weighted by Gasteiger charge is -2.05. The highest BCUT2D eigenvalue weighted by Crippen LogP contribution is 2.00.